The van der Waals surface area contributed by atoms with Crippen molar-refractivity contribution in [2.75, 3.05) is 27.3 Å². The molecule has 0 atom stereocenters. The molecule has 0 saturated heterocycles. The predicted octanol–water partition coefficient (Wildman–Crippen LogP) is 4.71. The zero-order valence-corrected chi connectivity index (χ0v) is 18.6. The predicted molar refractivity (Wildman–Crippen MR) is 118 cm³/mol. The van der Waals surface area contributed by atoms with E-state index in [-0.39, 0.29) is 11.1 Å². The van der Waals surface area contributed by atoms with Crippen molar-refractivity contribution in [3.63, 3.8) is 0 Å². The van der Waals surface area contributed by atoms with Crippen LogP contribution in [0.2, 0.25) is 10.2 Å². The molecule has 0 aliphatic heterocycles. The zero-order valence-electron chi connectivity index (χ0n) is 17.1. The van der Waals surface area contributed by atoms with Crippen molar-refractivity contribution >= 4 is 29.1 Å². The van der Waals surface area contributed by atoms with Gasteiger partial charge in [0.15, 0.2) is 11.5 Å². The second kappa shape index (κ2) is 9.87. The van der Waals surface area contributed by atoms with Gasteiger partial charge in [0.25, 0.3) is 5.91 Å². The van der Waals surface area contributed by atoms with Crippen molar-refractivity contribution in [1.29, 1.82) is 0 Å². The Morgan fingerprint density at radius 1 is 1.10 bits per heavy atom. The van der Waals surface area contributed by atoms with Crippen molar-refractivity contribution in [1.82, 2.24) is 14.7 Å². The van der Waals surface area contributed by atoms with E-state index in [0.717, 1.165) is 5.56 Å². The number of likely N-dealkylation sites (N-methyl/N-ethyl adjacent to an activating group) is 1. The first kappa shape index (κ1) is 22.0. The molecule has 0 N–H and O–H groups in total. The molecule has 1 heterocycles. The first-order valence-corrected chi connectivity index (χ1v) is 10.2. The Labute approximate surface area is 185 Å². The Balaban J connectivity index is 1.67. The Hall–Kier alpha value is -2.70. The van der Waals surface area contributed by atoms with Gasteiger partial charge in [-0.3, -0.25) is 4.79 Å². The Morgan fingerprint density at radius 2 is 1.77 bits per heavy atom. The lowest BCUT2D eigenvalue weighted by atomic mass is 10.2. The van der Waals surface area contributed by atoms with Crippen LogP contribution in [0.25, 0.3) is 0 Å². The molecule has 1 aromatic heterocycles. The highest BCUT2D eigenvalue weighted by atomic mass is 35.5. The number of nitrogens with zero attached hydrogens (tertiary/aromatic N) is 3. The van der Waals surface area contributed by atoms with Gasteiger partial charge in [-0.1, -0.05) is 53.5 Å². The second-order valence-corrected chi connectivity index (χ2v) is 7.49. The minimum Gasteiger partial charge on any atom is -0.493 e. The highest BCUT2D eigenvalue weighted by Gasteiger charge is 2.23. The van der Waals surface area contributed by atoms with Gasteiger partial charge in [0.05, 0.1) is 31.5 Å². The fraction of sp³-hybridized carbons (Fsp3) is 0.273. The third kappa shape index (κ3) is 4.89. The lowest BCUT2D eigenvalue weighted by Crippen LogP contribution is -2.31. The summed E-state index contributed by atoms with van der Waals surface area (Å²) in [5, 5.41) is 5.34. The molecule has 0 spiro atoms. The maximum Gasteiger partial charge on any atom is 0.258 e. The quantitative estimate of drug-likeness (QED) is 0.501. The summed E-state index contributed by atoms with van der Waals surface area (Å²) in [6.45, 7) is 2.84. The Kier molecular flexibility index (Phi) is 7.24. The maximum absolute atomic E-state index is 13.0. The molecule has 0 aliphatic carbocycles. The molecule has 8 heteroatoms. The van der Waals surface area contributed by atoms with E-state index in [0.29, 0.717) is 47.5 Å². The number of ether oxygens (including phenoxy) is 2. The van der Waals surface area contributed by atoms with Crippen molar-refractivity contribution in [2.24, 2.45) is 0 Å². The Bertz CT molecular complexity index is 1040. The van der Waals surface area contributed by atoms with Crippen molar-refractivity contribution < 1.29 is 14.3 Å². The third-order valence-electron chi connectivity index (χ3n) is 4.66. The number of halogens is 2. The first-order valence-electron chi connectivity index (χ1n) is 9.40. The van der Waals surface area contributed by atoms with Crippen molar-refractivity contribution in [2.45, 2.75) is 13.5 Å². The van der Waals surface area contributed by atoms with Crippen LogP contribution in [-0.4, -0.2) is 47.9 Å². The molecule has 6 nitrogen and oxygen atoms in total. The molecular formula is C22H23Cl2N3O3. The number of hydrogen-bond acceptors (Lipinski definition) is 4. The molecule has 0 aliphatic rings. The molecule has 3 rings (SSSR count). The Morgan fingerprint density at radius 3 is 2.47 bits per heavy atom. The van der Waals surface area contributed by atoms with Crippen LogP contribution < -0.4 is 9.47 Å². The fourth-order valence-corrected chi connectivity index (χ4v) is 3.52. The van der Waals surface area contributed by atoms with Gasteiger partial charge in [-0.05, 0) is 30.7 Å². The van der Waals surface area contributed by atoms with Crippen LogP contribution in [0.5, 0.6) is 11.5 Å². The van der Waals surface area contributed by atoms with Gasteiger partial charge in [-0.15, -0.1) is 0 Å². The summed E-state index contributed by atoms with van der Waals surface area (Å²) in [6, 6.07) is 14.8. The maximum atomic E-state index is 13.0. The minimum atomic E-state index is -0.216. The van der Waals surface area contributed by atoms with E-state index in [1.165, 1.54) is 0 Å². The van der Waals surface area contributed by atoms with Crippen LogP contribution in [0.4, 0.5) is 0 Å². The smallest absolute Gasteiger partial charge is 0.258 e. The monoisotopic (exact) mass is 447 g/mol. The van der Waals surface area contributed by atoms with Gasteiger partial charge in [0, 0.05) is 12.1 Å². The lowest BCUT2D eigenvalue weighted by molar-refractivity contribution is 0.0772. The van der Waals surface area contributed by atoms with Crippen LogP contribution in [0.1, 0.15) is 21.6 Å². The lowest BCUT2D eigenvalue weighted by Gasteiger charge is -2.18. The molecule has 158 valence electrons. The average molecular weight is 448 g/mol. The number of para-hydroxylation sites is 2. The molecule has 3 aromatic rings. The van der Waals surface area contributed by atoms with Gasteiger partial charge in [0.1, 0.15) is 11.8 Å². The zero-order chi connectivity index (χ0) is 21.7. The summed E-state index contributed by atoms with van der Waals surface area (Å²) in [5.74, 6) is 1.06. The van der Waals surface area contributed by atoms with E-state index < -0.39 is 0 Å². The number of aryl methyl sites for hydroxylation is 1. The second-order valence-electron chi connectivity index (χ2n) is 6.73. The summed E-state index contributed by atoms with van der Waals surface area (Å²) >= 11 is 12.7. The summed E-state index contributed by atoms with van der Waals surface area (Å²) in [7, 11) is 3.29. The highest BCUT2D eigenvalue weighted by molar-refractivity contribution is 6.33. The van der Waals surface area contributed by atoms with Crippen LogP contribution in [0.3, 0.4) is 0 Å². The number of hydrogen-bond donors (Lipinski definition) is 0. The molecule has 2 aromatic carbocycles. The highest BCUT2D eigenvalue weighted by Crippen LogP contribution is 2.26. The van der Waals surface area contributed by atoms with Gasteiger partial charge >= 0.3 is 0 Å². The number of amides is 1. The number of aromatic nitrogens is 2. The summed E-state index contributed by atoms with van der Waals surface area (Å²) in [4.78, 5) is 14.5. The summed E-state index contributed by atoms with van der Waals surface area (Å²) < 4.78 is 12.6. The van der Waals surface area contributed by atoms with E-state index in [2.05, 4.69) is 5.10 Å². The number of rotatable bonds is 8. The standard InChI is InChI=1S/C22H23Cl2N3O3/c1-15-20(21(24)27(25-15)14-16-8-4-5-9-17(16)23)22(28)26(2)12-13-30-19-11-7-6-10-18(19)29-3/h4-11H,12-14H2,1-3H3. The van der Waals surface area contributed by atoms with Gasteiger partial charge < -0.3 is 14.4 Å². The van der Waals surface area contributed by atoms with Crippen LogP contribution in [-0.2, 0) is 6.54 Å². The minimum absolute atomic E-state index is 0.216. The summed E-state index contributed by atoms with van der Waals surface area (Å²) in [6.07, 6.45) is 0. The number of carbonyl (C=O) groups is 1. The molecule has 0 bridgehead atoms. The SMILES string of the molecule is COc1ccccc1OCCN(C)C(=O)c1c(C)nn(Cc2ccccc2Cl)c1Cl. The van der Waals surface area contributed by atoms with E-state index >= 15 is 0 Å². The molecule has 0 unspecified atom stereocenters. The van der Waals surface area contributed by atoms with E-state index in [9.17, 15) is 4.79 Å². The molecule has 30 heavy (non-hydrogen) atoms. The largest absolute Gasteiger partial charge is 0.493 e. The molecule has 0 fully saturated rings. The van der Waals surface area contributed by atoms with Crippen molar-refractivity contribution in [3.05, 3.63) is 75.5 Å². The number of methoxy groups -OCH3 is 1. The number of carbonyl (C=O) groups excluding carboxylic acids is 1. The van der Waals surface area contributed by atoms with Crippen LogP contribution in [0.15, 0.2) is 48.5 Å². The van der Waals surface area contributed by atoms with Crippen molar-refractivity contribution in [3.8, 4) is 11.5 Å². The molecular weight excluding hydrogens is 425 g/mol. The van der Waals surface area contributed by atoms with E-state index in [1.54, 1.807) is 30.7 Å². The van der Waals surface area contributed by atoms with E-state index in [1.807, 2.05) is 48.5 Å². The van der Waals surface area contributed by atoms with Gasteiger partial charge in [-0.25, -0.2) is 4.68 Å². The van der Waals surface area contributed by atoms with Gasteiger partial charge in [-0.2, -0.15) is 5.10 Å². The topological polar surface area (TPSA) is 56.6 Å². The fourth-order valence-electron chi connectivity index (χ4n) is 3.01. The van der Waals surface area contributed by atoms with Crippen LogP contribution >= 0.6 is 23.2 Å². The average Bonchev–Trinajstić information content (AvgIpc) is 3.02. The summed E-state index contributed by atoms with van der Waals surface area (Å²) in [5.41, 5.74) is 1.82. The molecule has 0 radical (unpaired) electrons. The molecule has 1 amide bonds. The molecule has 0 saturated carbocycles. The van der Waals surface area contributed by atoms with Gasteiger partial charge in [0.2, 0.25) is 0 Å². The normalized spacial score (nSPS) is 10.7. The third-order valence-corrected chi connectivity index (χ3v) is 5.41. The number of benzene rings is 2. The first-order chi connectivity index (χ1) is 14.4. The van der Waals surface area contributed by atoms with Crippen LogP contribution in [0, 0.1) is 6.92 Å². The van der Waals surface area contributed by atoms with E-state index in [4.69, 9.17) is 32.7 Å².